The molecule has 2 aromatic rings. The molecule has 0 N–H and O–H groups in total. The SMILES string of the molecule is C#Cc1ccc(OCc2ccccn2)c(F)c1. The Morgan fingerprint density at radius 2 is 2.18 bits per heavy atom. The summed E-state index contributed by atoms with van der Waals surface area (Å²) in [6, 6.07) is 9.90. The molecular weight excluding hydrogens is 217 g/mol. The predicted octanol–water partition coefficient (Wildman–Crippen LogP) is 2.78. The van der Waals surface area contributed by atoms with Crippen LogP contribution in [0.5, 0.6) is 5.75 Å². The first-order valence-corrected chi connectivity index (χ1v) is 5.08. The average molecular weight is 227 g/mol. The normalized spacial score (nSPS) is 9.65. The third kappa shape index (κ3) is 2.82. The summed E-state index contributed by atoms with van der Waals surface area (Å²) in [5.41, 5.74) is 1.24. The zero-order valence-corrected chi connectivity index (χ0v) is 9.06. The Bertz CT molecular complexity index is 546. The minimum Gasteiger partial charge on any atom is -0.484 e. The number of hydrogen-bond acceptors (Lipinski definition) is 2. The number of hydrogen-bond donors (Lipinski definition) is 0. The van der Waals surface area contributed by atoms with Gasteiger partial charge in [-0.3, -0.25) is 4.98 Å². The van der Waals surface area contributed by atoms with Crippen LogP contribution >= 0.6 is 0 Å². The molecule has 1 heterocycles. The summed E-state index contributed by atoms with van der Waals surface area (Å²) < 4.78 is 18.8. The van der Waals surface area contributed by atoms with Crippen LogP contribution in [0.15, 0.2) is 42.6 Å². The second-order valence-electron chi connectivity index (χ2n) is 3.40. The van der Waals surface area contributed by atoms with Crippen LogP contribution in [0.1, 0.15) is 11.3 Å². The van der Waals surface area contributed by atoms with Crippen molar-refractivity contribution >= 4 is 0 Å². The Hall–Kier alpha value is -2.34. The summed E-state index contributed by atoms with van der Waals surface area (Å²) in [6.07, 6.45) is 6.83. The first kappa shape index (κ1) is 11.2. The molecule has 84 valence electrons. The van der Waals surface area contributed by atoms with Crippen molar-refractivity contribution in [3.63, 3.8) is 0 Å². The van der Waals surface area contributed by atoms with Crippen LogP contribution in [0.3, 0.4) is 0 Å². The van der Waals surface area contributed by atoms with E-state index in [1.807, 2.05) is 18.2 Å². The van der Waals surface area contributed by atoms with E-state index in [9.17, 15) is 4.39 Å². The number of terminal acetylenes is 1. The summed E-state index contributed by atoms with van der Waals surface area (Å²) in [5, 5.41) is 0. The van der Waals surface area contributed by atoms with Crippen LogP contribution < -0.4 is 4.74 Å². The van der Waals surface area contributed by atoms with E-state index in [2.05, 4.69) is 10.9 Å². The van der Waals surface area contributed by atoms with Crippen molar-refractivity contribution in [1.82, 2.24) is 4.98 Å². The van der Waals surface area contributed by atoms with Gasteiger partial charge in [0.2, 0.25) is 0 Å². The Labute approximate surface area is 99.1 Å². The molecular formula is C14H10FNO. The maximum Gasteiger partial charge on any atom is 0.166 e. The van der Waals surface area contributed by atoms with Gasteiger partial charge in [-0.15, -0.1) is 6.42 Å². The van der Waals surface area contributed by atoms with E-state index in [-0.39, 0.29) is 12.4 Å². The highest BCUT2D eigenvalue weighted by Gasteiger charge is 2.04. The molecule has 0 atom stereocenters. The van der Waals surface area contributed by atoms with Gasteiger partial charge in [-0.25, -0.2) is 4.39 Å². The lowest BCUT2D eigenvalue weighted by molar-refractivity contribution is 0.286. The van der Waals surface area contributed by atoms with Crippen molar-refractivity contribution < 1.29 is 9.13 Å². The standard InChI is InChI=1S/C14H10FNO/c1-2-11-6-7-14(13(15)9-11)17-10-12-5-3-4-8-16-12/h1,3-9H,10H2. The van der Waals surface area contributed by atoms with Crippen LogP contribution in [0, 0.1) is 18.2 Å². The molecule has 2 rings (SSSR count). The molecule has 0 aliphatic rings. The smallest absolute Gasteiger partial charge is 0.166 e. The van der Waals surface area contributed by atoms with Gasteiger partial charge < -0.3 is 4.74 Å². The molecule has 0 amide bonds. The lowest BCUT2D eigenvalue weighted by atomic mass is 10.2. The van der Waals surface area contributed by atoms with Crippen molar-refractivity contribution in [2.45, 2.75) is 6.61 Å². The van der Waals surface area contributed by atoms with Gasteiger partial charge in [0, 0.05) is 11.8 Å². The van der Waals surface area contributed by atoms with Crippen LogP contribution in [-0.4, -0.2) is 4.98 Å². The molecule has 0 fully saturated rings. The quantitative estimate of drug-likeness (QED) is 0.752. The number of halogens is 1. The summed E-state index contributed by atoms with van der Waals surface area (Å²) in [6.45, 7) is 0.229. The molecule has 1 aromatic heterocycles. The lowest BCUT2D eigenvalue weighted by Gasteiger charge is -2.06. The molecule has 0 spiro atoms. The number of ether oxygens (including phenoxy) is 1. The van der Waals surface area contributed by atoms with Crippen LogP contribution in [0.4, 0.5) is 4.39 Å². The third-order valence-corrected chi connectivity index (χ3v) is 2.20. The molecule has 0 aliphatic heterocycles. The fraction of sp³-hybridized carbons (Fsp3) is 0.0714. The second kappa shape index (κ2) is 5.13. The number of nitrogens with zero attached hydrogens (tertiary/aromatic N) is 1. The first-order chi connectivity index (χ1) is 8.29. The van der Waals surface area contributed by atoms with E-state index < -0.39 is 5.82 Å². The van der Waals surface area contributed by atoms with Gasteiger partial charge >= 0.3 is 0 Å². The zero-order chi connectivity index (χ0) is 12.1. The minimum absolute atomic E-state index is 0.176. The Kier molecular flexibility index (Phi) is 3.37. The van der Waals surface area contributed by atoms with Gasteiger partial charge in [0.25, 0.3) is 0 Å². The molecule has 0 saturated carbocycles. The number of benzene rings is 1. The van der Waals surface area contributed by atoms with Crippen molar-refractivity contribution in [3.05, 3.63) is 59.7 Å². The van der Waals surface area contributed by atoms with E-state index >= 15 is 0 Å². The fourth-order valence-corrected chi connectivity index (χ4v) is 1.34. The van der Waals surface area contributed by atoms with E-state index in [1.54, 1.807) is 12.3 Å². The highest BCUT2D eigenvalue weighted by molar-refractivity contribution is 5.37. The molecule has 2 nitrogen and oxygen atoms in total. The van der Waals surface area contributed by atoms with Gasteiger partial charge in [0.15, 0.2) is 11.6 Å². The summed E-state index contributed by atoms with van der Waals surface area (Å²) >= 11 is 0. The Morgan fingerprint density at radius 3 is 2.82 bits per heavy atom. The maximum absolute atomic E-state index is 13.5. The number of aromatic nitrogens is 1. The van der Waals surface area contributed by atoms with E-state index in [1.165, 1.54) is 12.1 Å². The van der Waals surface area contributed by atoms with Crippen molar-refractivity contribution in [1.29, 1.82) is 0 Å². The molecule has 0 saturated heterocycles. The zero-order valence-electron chi connectivity index (χ0n) is 9.06. The van der Waals surface area contributed by atoms with E-state index in [0.29, 0.717) is 5.56 Å². The minimum atomic E-state index is -0.462. The van der Waals surface area contributed by atoms with Gasteiger partial charge in [0.1, 0.15) is 6.61 Å². The maximum atomic E-state index is 13.5. The molecule has 0 radical (unpaired) electrons. The largest absolute Gasteiger partial charge is 0.484 e. The van der Waals surface area contributed by atoms with Crippen molar-refractivity contribution in [3.8, 4) is 18.1 Å². The van der Waals surface area contributed by atoms with Gasteiger partial charge in [0.05, 0.1) is 5.69 Å². The van der Waals surface area contributed by atoms with Crippen molar-refractivity contribution in [2.75, 3.05) is 0 Å². The molecule has 17 heavy (non-hydrogen) atoms. The Balaban J connectivity index is 2.08. The molecule has 0 unspecified atom stereocenters. The molecule has 0 bridgehead atoms. The van der Waals surface area contributed by atoms with E-state index in [4.69, 9.17) is 11.2 Å². The van der Waals surface area contributed by atoms with Crippen LogP contribution in [-0.2, 0) is 6.61 Å². The molecule has 3 heteroatoms. The highest BCUT2D eigenvalue weighted by Crippen LogP contribution is 2.18. The first-order valence-electron chi connectivity index (χ1n) is 5.08. The van der Waals surface area contributed by atoms with Gasteiger partial charge in [-0.1, -0.05) is 12.0 Å². The van der Waals surface area contributed by atoms with Crippen LogP contribution in [0.2, 0.25) is 0 Å². The van der Waals surface area contributed by atoms with Gasteiger partial charge in [-0.2, -0.15) is 0 Å². The second-order valence-corrected chi connectivity index (χ2v) is 3.40. The lowest BCUT2D eigenvalue weighted by Crippen LogP contribution is -1.99. The fourth-order valence-electron chi connectivity index (χ4n) is 1.34. The third-order valence-electron chi connectivity index (χ3n) is 2.20. The Morgan fingerprint density at radius 1 is 1.29 bits per heavy atom. The number of pyridine rings is 1. The molecule has 0 aliphatic carbocycles. The molecule has 1 aromatic carbocycles. The van der Waals surface area contributed by atoms with Gasteiger partial charge in [-0.05, 0) is 30.3 Å². The van der Waals surface area contributed by atoms with E-state index in [0.717, 1.165) is 5.69 Å². The predicted molar refractivity (Wildman–Crippen MR) is 62.9 cm³/mol. The number of rotatable bonds is 3. The highest BCUT2D eigenvalue weighted by atomic mass is 19.1. The summed E-state index contributed by atoms with van der Waals surface area (Å²) in [4.78, 5) is 4.08. The summed E-state index contributed by atoms with van der Waals surface area (Å²) in [7, 11) is 0. The van der Waals surface area contributed by atoms with Crippen LogP contribution in [0.25, 0.3) is 0 Å². The average Bonchev–Trinajstić information content (AvgIpc) is 2.38. The van der Waals surface area contributed by atoms with Crippen molar-refractivity contribution in [2.24, 2.45) is 0 Å². The summed E-state index contributed by atoms with van der Waals surface area (Å²) in [5.74, 6) is 2.07. The monoisotopic (exact) mass is 227 g/mol. The topological polar surface area (TPSA) is 22.1 Å².